The van der Waals surface area contributed by atoms with Crippen molar-refractivity contribution in [3.8, 4) is 0 Å². The molecule has 0 saturated carbocycles. The van der Waals surface area contributed by atoms with E-state index < -0.39 is 11.9 Å². The molecule has 0 amide bonds. The van der Waals surface area contributed by atoms with Gasteiger partial charge < -0.3 is 10.2 Å². The molecule has 0 rings (SSSR count). The van der Waals surface area contributed by atoms with Crippen LogP contribution in [0.1, 0.15) is 104 Å². The van der Waals surface area contributed by atoms with Crippen molar-refractivity contribution >= 4 is 11.9 Å². The van der Waals surface area contributed by atoms with Gasteiger partial charge in [0.25, 0.3) is 5.97 Å². The van der Waals surface area contributed by atoms with Crippen LogP contribution in [0.5, 0.6) is 0 Å². The average molecular weight is 343 g/mol. The average Bonchev–Trinajstić information content (AvgIpc) is 2.50. The number of allylic oxidation sites excluding steroid dienone is 1. The number of unbranched alkanes of at least 4 members (excludes halogenated alkanes) is 13. The Hall–Kier alpha value is -1.32. The lowest BCUT2D eigenvalue weighted by Gasteiger charge is -2.02. The number of hydrogen-bond acceptors (Lipinski definition) is 2. The number of carboxylic acids is 2. The van der Waals surface area contributed by atoms with Crippen LogP contribution in [0.15, 0.2) is 12.2 Å². The number of hydrogen-bond donors (Lipinski definition) is 2. The summed E-state index contributed by atoms with van der Waals surface area (Å²) in [4.78, 5) is 19.2. The Kier molecular flexibility index (Phi) is 22.5. The molecule has 142 valence electrons. The van der Waals surface area contributed by atoms with E-state index in [4.69, 9.17) is 15.0 Å². The molecule has 0 radical (unpaired) electrons. The van der Waals surface area contributed by atoms with E-state index in [1.807, 2.05) is 0 Å². The Labute approximate surface area is 148 Å². The van der Waals surface area contributed by atoms with E-state index in [9.17, 15) is 4.79 Å². The fraction of sp³-hybridized carbons (Fsp3) is 0.800. The second kappa shape index (κ2) is 21.7. The van der Waals surface area contributed by atoms with Crippen LogP contribution in [0.2, 0.25) is 0 Å². The SMILES string of the molecule is CC(=O)O.CCCCCCCCCCCCCCCC=CC(=O)O. The lowest BCUT2D eigenvalue weighted by molar-refractivity contribution is -0.134. The molecule has 0 heterocycles. The van der Waals surface area contributed by atoms with Crippen LogP contribution in [-0.4, -0.2) is 22.2 Å². The third kappa shape index (κ3) is 32.6. The van der Waals surface area contributed by atoms with Gasteiger partial charge in [-0.25, -0.2) is 4.79 Å². The number of rotatable bonds is 15. The highest BCUT2D eigenvalue weighted by Gasteiger charge is 1.93. The van der Waals surface area contributed by atoms with Crippen molar-refractivity contribution < 1.29 is 19.8 Å². The molecule has 0 atom stereocenters. The third-order valence-electron chi connectivity index (χ3n) is 3.73. The highest BCUT2D eigenvalue weighted by molar-refractivity contribution is 5.79. The maximum absolute atomic E-state index is 10.2. The van der Waals surface area contributed by atoms with E-state index >= 15 is 0 Å². The van der Waals surface area contributed by atoms with Crippen molar-refractivity contribution in [1.29, 1.82) is 0 Å². The standard InChI is InChI=1S/C18H34O2.C2H4O2/c1-2-3-4-5-6-7-8-9-10-11-12-13-14-15-16-17-18(19)20;1-2(3)4/h16-17H,2-15H2,1H3,(H,19,20);1H3,(H,3,4). The van der Waals surface area contributed by atoms with E-state index in [1.54, 1.807) is 6.08 Å². The maximum Gasteiger partial charge on any atom is 0.327 e. The summed E-state index contributed by atoms with van der Waals surface area (Å²) in [6, 6.07) is 0. The summed E-state index contributed by atoms with van der Waals surface area (Å²) in [5.41, 5.74) is 0. The summed E-state index contributed by atoms with van der Waals surface area (Å²) in [7, 11) is 0. The lowest BCUT2D eigenvalue weighted by Crippen LogP contribution is -1.86. The van der Waals surface area contributed by atoms with E-state index in [1.165, 1.54) is 83.1 Å². The molecule has 2 N–H and O–H groups in total. The Morgan fingerprint density at radius 3 is 1.38 bits per heavy atom. The topological polar surface area (TPSA) is 74.6 Å². The smallest absolute Gasteiger partial charge is 0.327 e. The van der Waals surface area contributed by atoms with Crippen molar-refractivity contribution in [3.05, 3.63) is 12.2 Å². The summed E-state index contributed by atoms with van der Waals surface area (Å²) in [6.07, 6.45) is 21.6. The van der Waals surface area contributed by atoms with Gasteiger partial charge in [-0.15, -0.1) is 0 Å². The Morgan fingerprint density at radius 1 is 0.708 bits per heavy atom. The van der Waals surface area contributed by atoms with Crippen LogP contribution >= 0.6 is 0 Å². The zero-order valence-corrected chi connectivity index (χ0v) is 15.8. The molecule has 4 nitrogen and oxygen atoms in total. The molecule has 0 aromatic heterocycles. The quantitative estimate of drug-likeness (QED) is 0.274. The van der Waals surface area contributed by atoms with Gasteiger partial charge in [0.05, 0.1) is 0 Å². The zero-order chi connectivity index (χ0) is 18.5. The first-order valence-electron chi connectivity index (χ1n) is 9.59. The minimum Gasteiger partial charge on any atom is -0.481 e. The van der Waals surface area contributed by atoms with Crippen molar-refractivity contribution in [2.45, 2.75) is 104 Å². The van der Waals surface area contributed by atoms with Crippen LogP contribution in [0.3, 0.4) is 0 Å². The zero-order valence-electron chi connectivity index (χ0n) is 15.8. The van der Waals surface area contributed by atoms with Gasteiger partial charge in [-0.05, 0) is 12.8 Å². The van der Waals surface area contributed by atoms with Gasteiger partial charge in [-0.1, -0.05) is 90.0 Å². The first-order valence-corrected chi connectivity index (χ1v) is 9.59. The molecular formula is C20H38O4. The predicted octanol–water partition coefficient (Wildman–Crippen LogP) is 6.20. The molecule has 24 heavy (non-hydrogen) atoms. The largest absolute Gasteiger partial charge is 0.481 e. The van der Waals surface area contributed by atoms with E-state index in [0.29, 0.717) is 0 Å². The first kappa shape index (κ1) is 24.9. The van der Waals surface area contributed by atoms with Gasteiger partial charge in [0.2, 0.25) is 0 Å². The van der Waals surface area contributed by atoms with Crippen molar-refractivity contribution in [2.24, 2.45) is 0 Å². The molecule has 0 bridgehead atoms. The van der Waals surface area contributed by atoms with Gasteiger partial charge in [0, 0.05) is 13.0 Å². The molecule has 0 aliphatic carbocycles. The fourth-order valence-electron chi connectivity index (χ4n) is 2.46. The Bertz CT molecular complexity index is 307. The molecule has 0 aromatic carbocycles. The van der Waals surface area contributed by atoms with Crippen molar-refractivity contribution in [3.63, 3.8) is 0 Å². The molecule has 0 aromatic rings. The normalized spacial score (nSPS) is 10.4. The van der Waals surface area contributed by atoms with Crippen molar-refractivity contribution in [2.75, 3.05) is 0 Å². The van der Waals surface area contributed by atoms with Crippen LogP contribution < -0.4 is 0 Å². The summed E-state index contributed by atoms with van der Waals surface area (Å²) in [5.74, 6) is -1.67. The summed E-state index contributed by atoms with van der Waals surface area (Å²) < 4.78 is 0. The van der Waals surface area contributed by atoms with Crippen LogP contribution in [0.4, 0.5) is 0 Å². The van der Waals surface area contributed by atoms with E-state index in [-0.39, 0.29) is 0 Å². The third-order valence-corrected chi connectivity index (χ3v) is 3.73. The summed E-state index contributed by atoms with van der Waals surface area (Å²) in [6.45, 7) is 3.35. The summed E-state index contributed by atoms with van der Waals surface area (Å²) >= 11 is 0. The molecule has 0 aliphatic heterocycles. The number of carboxylic acid groups (broad SMARTS) is 2. The highest BCUT2D eigenvalue weighted by Crippen LogP contribution is 2.12. The van der Waals surface area contributed by atoms with Crippen LogP contribution in [0.25, 0.3) is 0 Å². The number of aliphatic carboxylic acids is 2. The van der Waals surface area contributed by atoms with E-state index in [2.05, 4.69) is 6.92 Å². The maximum atomic E-state index is 10.2. The van der Waals surface area contributed by atoms with Gasteiger partial charge >= 0.3 is 5.97 Å². The number of carbonyl (C=O) groups is 2. The monoisotopic (exact) mass is 342 g/mol. The first-order chi connectivity index (χ1) is 11.5. The van der Waals surface area contributed by atoms with Crippen LogP contribution in [-0.2, 0) is 9.59 Å². The second-order valence-electron chi connectivity index (χ2n) is 6.29. The second-order valence-corrected chi connectivity index (χ2v) is 6.29. The molecule has 0 unspecified atom stereocenters. The van der Waals surface area contributed by atoms with Gasteiger partial charge in [0.15, 0.2) is 0 Å². The molecule has 0 spiro atoms. The lowest BCUT2D eigenvalue weighted by atomic mass is 10.0. The van der Waals surface area contributed by atoms with Gasteiger partial charge in [0.1, 0.15) is 0 Å². The minimum absolute atomic E-state index is 0.833. The highest BCUT2D eigenvalue weighted by atomic mass is 16.4. The Morgan fingerprint density at radius 2 is 1.04 bits per heavy atom. The Balaban J connectivity index is 0. The van der Waals surface area contributed by atoms with Gasteiger partial charge in [-0.2, -0.15) is 0 Å². The molecule has 0 fully saturated rings. The van der Waals surface area contributed by atoms with E-state index in [0.717, 1.165) is 19.8 Å². The van der Waals surface area contributed by atoms with Gasteiger partial charge in [-0.3, -0.25) is 4.79 Å². The predicted molar refractivity (Wildman–Crippen MR) is 100 cm³/mol. The molecule has 4 heteroatoms. The summed E-state index contributed by atoms with van der Waals surface area (Å²) in [5, 5.41) is 15.8. The van der Waals surface area contributed by atoms with Crippen LogP contribution in [0, 0.1) is 0 Å². The van der Waals surface area contributed by atoms with Crippen molar-refractivity contribution in [1.82, 2.24) is 0 Å². The minimum atomic E-state index is -0.834. The molecule has 0 aliphatic rings. The molecular weight excluding hydrogens is 304 g/mol. The fourth-order valence-corrected chi connectivity index (χ4v) is 2.46. The molecule has 0 saturated heterocycles.